The number of carbonyl (C=O) groups excluding carboxylic acids is 1. The van der Waals surface area contributed by atoms with E-state index < -0.39 is 6.10 Å². The first-order valence-electron chi connectivity index (χ1n) is 11.9. The Hall–Kier alpha value is -3.52. The summed E-state index contributed by atoms with van der Waals surface area (Å²) in [5.74, 6) is 1.58. The Morgan fingerprint density at radius 2 is 1.86 bits per heavy atom. The van der Waals surface area contributed by atoms with Crippen molar-refractivity contribution in [2.45, 2.75) is 31.9 Å². The lowest BCUT2D eigenvalue weighted by atomic mass is 10.0. The van der Waals surface area contributed by atoms with Gasteiger partial charge >= 0.3 is 0 Å². The lowest BCUT2D eigenvalue weighted by molar-refractivity contribution is -0.138. The van der Waals surface area contributed by atoms with Crippen molar-refractivity contribution in [1.29, 1.82) is 0 Å². The molecule has 3 heterocycles. The molecule has 1 aliphatic heterocycles. The Bertz CT molecular complexity index is 1340. The van der Waals surface area contributed by atoms with Crippen molar-refractivity contribution in [3.8, 4) is 17.0 Å². The molecule has 4 aromatic rings. The van der Waals surface area contributed by atoms with Crippen molar-refractivity contribution in [3.63, 3.8) is 0 Å². The molecule has 178 valence electrons. The smallest absolute Gasteiger partial charge is 0.263 e. The molecule has 5 rings (SSSR count). The number of benzene rings is 2. The van der Waals surface area contributed by atoms with Crippen LogP contribution in [0.25, 0.3) is 16.9 Å². The number of anilines is 1. The summed E-state index contributed by atoms with van der Waals surface area (Å²) in [4.78, 5) is 19.6. The molecule has 35 heavy (non-hydrogen) atoms. The number of carbonyl (C=O) groups is 1. The summed E-state index contributed by atoms with van der Waals surface area (Å²) in [5.41, 5.74) is 3.47. The van der Waals surface area contributed by atoms with Gasteiger partial charge in [0.15, 0.2) is 11.8 Å². The molecular weight excluding hydrogens is 461 g/mol. The fourth-order valence-corrected chi connectivity index (χ4v) is 4.68. The fourth-order valence-electron chi connectivity index (χ4n) is 4.45. The number of hydrogen-bond donors (Lipinski definition) is 1. The Labute approximate surface area is 210 Å². The third-order valence-electron chi connectivity index (χ3n) is 6.36. The van der Waals surface area contributed by atoms with Crippen molar-refractivity contribution in [2.24, 2.45) is 0 Å². The van der Waals surface area contributed by atoms with E-state index in [4.69, 9.17) is 21.3 Å². The zero-order valence-electron chi connectivity index (χ0n) is 19.8. The minimum atomic E-state index is -0.521. The Balaban J connectivity index is 1.28. The van der Waals surface area contributed by atoms with Crippen LogP contribution in [0.3, 0.4) is 0 Å². The summed E-state index contributed by atoms with van der Waals surface area (Å²) in [7, 11) is 2.00. The highest BCUT2D eigenvalue weighted by atomic mass is 35.5. The van der Waals surface area contributed by atoms with E-state index in [9.17, 15) is 4.79 Å². The van der Waals surface area contributed by atoms with Crippen molar-refractivity contribution < 1.29 is 9.53 Å². The van der Waals surface area contributed by atoms with Gasteiger partial charge in [0.2, 0.25) is 0 Å². The van der Waals surface area contributed by atoms with E-state index in [1.54, 1.807) is 0 Å². The predicted molar refractivity (Wildman–Crippen MR) is 141 cm³/mol. The number of nitrogens with one attached hydrogen (secondary N) is 1. The van der Waals surface area contributed by atoms with Gasteiger partial charge in [0.05, 0.1) is 5.69 Å². The average Bonchev–Trinajstić information content (AvgIpc) is 3.26. The third kappa shape index (κ3) is 4.98. The van der Waals surface area contributed by atoms with Gasteiger partial charge in [0.25, 0.3) is 5.91 Å². The van der Waals surface area contributed by atoms with Gasteiger partial charge in [-0.25, -0.2) is 4.98 Å². The van der Waals surface area contributed by atoms with E-state index >= 15 is 0 Å². The number of halogens is 1. The third-order valence-corrected chi connectivity index (χ3v) is 6.69. The van der Waals surface area contributed by atoms with Crippen LogP contribution in [-0.4, -0.2) is 58.5 Å². The Kier molecular flexibility index (Phi) is 6.64. The summed E-state index contributed by atoms with van der Waals surface area (Å²) in [5, 5.41) is 8.83. The molecule has 7 nitrogen and oxygen atoms in total. The van der Waals surface area contributed by atoms with Gasteiger partial charge in [-0.1, -0.05) is 48.0 Å². The van der Waals surface area contributed by atoms with Crippen LogP contribution >= 0.6 is 11.6 Å². The number of hydrogen-bond acceptors (Lipinski definition) is 5. The van der Waals surface area contributed by atoms with Gasteiger partial charge < -0.3 is 15.0 Å². The molecular formula is C26H27BClN5O2. The molecule has 0 spiro atoms. The summed E-state index contributed by atoms with van der Waals surface area (Å²) >= 11 is 6.46. The lowest BCUT2D eigenvalue weighted by Gasteiger charge is -2.34. The quantitative estimate of drug-likeness (QED) is 0.423. The highest BCUT2D eigenvalue weighted by Crippen LogP contribution is 2.29. The largest absolute Gasteiger partial charge is 0.481 e. The monoisotopic (exact) mass is 487 g/mol. The molecule has 2 aromatic heterocycles. The van der Waals surface area contributed by atoms with Crippen molar-refractivity contribution in [1.82, 2.24) is 19.5 Å². The number of aromatic nitrogens is 3. The van der Waals surface area contributed by atoms with Crippen LogP contribution in [0, 0.1) is 0 Å². The summed E-state index contributed by atoms with van der Waals surface area (Å²) in [6, 6.07) is 19.4. The van der Waals surface area contributed by atoms with Gasteiger partial charge in [-0.3, -0.25) is 4.79 Å². The maximum Gasteiger partial charge on any atom is 0.263 e. The molecule has 1 N–H and O–H groups in total. The predicted octanol–water partition coefficient (Wildman–Crippen LogP) is 3.18. The molecule has 1 saturated heterocycles. The molecule has 9 heteroatoms. The molecule has 1 unspecified atom stereocenters. The van der Waals surface area contributed by atoms with Crippen LogP contribution in [-0.2, 0) is 4.79 Å². The second-order valence-corrected chi connectivity index (χ2v) is 9.29. The van der Waals surface area contributed by atoms with E-state index in [1.807, 2.05) is 91.0 Å². The van der Waals surface area contributed by atoms with Crippen LogP contribution in [0.2, 0.25) is 5.02 Å². The van der Waals surface area contributed by atoms with E-state index in [0.29, 0.717) is 23.9 Å². The van der Waals surface area contributed by atoms with Crippen LogP contribution in [0.1, 0.15) is 19.8 Å². The lowest BCUT2D eigenvalue weighted by Crippen LogP contribution is -2.47. The molecule has 1 atom stereocenters. The zero-order valence-corrected chi connectivity index (χ0v) is 20.6. The number of fused-ring (bicyclic) bond motifs is 1. The minimum absolute atomic E-state index is 0.0160. The van der Waals surface area contributed by atoms with E-state index in [2.05, 4.69) is 10.4 Å². The summed E-state index contributed by atoms with van der Waals surface area (Å²) < 4.78 is 7.67. The Morgan fingerprint density at radius 3 is 2.60 bits per heavy atom. The molecule has 0 aliphatic carbocycles. The maximum absolute atomic E-state index is 12.9. The SMILES string of the molecule is Bc1cnn2c(NC3CCN(C(=O)C(C)Oc4ccccc4)CC3)cc(-c3ccccc3Cl)nc12. The normalized spacial score (nSPS) is 15.2. The molecule has 0 saturated carbocycles. The van der Waals surface area contributed by atoms with Gasteiger partial charge in [-0.15, -0.1) is 0 Å². The first-order valence-corrected chi connectivity index (χ1v) is 12.2. The van der Waals surface area contributed by atoms with Crippen molar-refractivity contribution in [2.75, 3.05) is 18.4 Å². The standard InChI is InChI=1S/C26H27BClN5O2/c1-17(35-19-7-3-2-4-8-19)26(34)32-13-11-18(12-14-32)30-24-15-23(20-9-5-6-10-22(20)28)31-25-21(27)16-29-33(24)25/h2-10,15-18,30H,11-14,27H2,1H3. The average molecular weight is 488 g/mol. The zero-order chi connectivity index (χ0) is 24.4. The van der Waals surface area contributed by atoms with E-state index in [0.717, 1.165) is 41.0 Å². The second kappa shape index (κ2) is 10.00. The highest BCUT2D eigenvalue weighted by Gasteiger charge is 2.27. The molecule has 1 aliphatic rings. The first kappa shape index (κ1) is 23.2. The van der Waals surface area contributed by atoms with Crippen molar-refractivity contribution >= 4 is 42.3 Å². The first-order chi connectivity index (χ1) is 17.0. The van der Waals surface area contributed by atoms with Crippen molar-refractivity contribution in [3.05, 3.63) is 71.9 Å². The fraction of sp³-hybridized carbons (Fsp3) is 0.269. The van der Waals surface area contributed by atoms with E-state index in [-0.39, 0.29) is 11.9 Å². The number of rotatable bonds is 6. The number of nitrogens with zero attached hydrogens (tertiary/aromatic N) is 4. The molecule has 1 fully saturated rings. The number of piperidine rings is 1. The Morgan fingerprint density at radius 1 is 1.14 bits per heavy atom. The van der Waals surface area contributed by atoms with Crippen LogP contribution in [0.4, 0.5) is 5.82 Å². The van der Waals surface area contributed by atoms with Gasteiger partial charge in [0, 0.05) is 42.0 Å². The van der Waals surface area contributed by atoms with Crippen LogP contribution in [0.15, 0.2) is 66.9 Å². The molecule has 0 radical (unpaired) electrons. The van der Waals surface area contributed by atoms with E-state index in [1.165, 1.54) is 0 Å². The minimum Gasteiger partial charge on any atom is -0.481 e. The molecule has 0 bridgehead atoms. The van der Waals surface area contributed by atoms with Gasteiger partial charge in [-0.2, -0.15) is 9.61 Å². The number of ether oxygens (including phenoxy) is 1. The number of likely N-dealkylation sites (tertiary alicyclic amines) is 1. The number of para-hydroxylation sites is 1. The highest BCUT2D eigenvalue weighted by molar-refractivity contribution is 6.36. The van der Waals surface area contributed by atoms with Gasteiger partial charge in [-0.05, 0) is 43.4 Å². The second-order valence-electron chi connectivity index (χ2n) is 8.89. The summed E-state index contributed by atoms with van der Waals surface area (Å²) in [6.07, 6.45) is 2.95. The molecule has 1 amide bonds. The van der Waals surface area contributed by atoms with Crippen LogP contribution < -0.4 is 15.5 Å². The summed E-state index contributed by atoms with van der Waals surface area (Å²) in [6.45, 7) is 3.15. The maximum atomic E-state index is 12.9. The van der Waals surface area contributed by atoms with Crippen LogP contribution in [0.5, 0.6) is 5.75 Å². The molecule has 2 aromatic carbocycles. The number of amides is 1. The van der Waals surface area contributed by atoms with Gasteiger partial charge in [0.1, 0.15) is 19.4 Å². The topological polar surface area (TPSA) is 71.8 Å².